The van der Waals surface area contributed by atoms with Crippen molar-refractivity contribution in [2.75, 3.05) is 19.6 Å². The Bertz CT molecular complexity index is 815. The summed E-state index contributed by atoms with van der Waals surface area (Å²) in [7, 11) is 0. The summed E-state index contributed by atoms with van der Waals surface area (Å²) in [5, 5.41) is 9.07. The lowest BCUT2D eigenvalue weighted by molar-refractivity contribution is -0.140. The monoisotopic (exact) mass is 414 g/mol. The third kappa shape index (κ3) is 5.43. The molecule has 30 heavy (non-hydrogen) atoms. The SMILES string of the molecule is NC(N)=NCCC[C@H](NC(=O)C1NCCc2ccccc21)C(=O)C(=O)[C@@H]1CCCN1. The van der Waals surface area contributed by atoms with Gasteiger partial charge in [0.1, 0.15) is 6.04 Å². The van der Waals surface area contributed by atoms with E-state index in [2.05, 4.69) is 20.9 Å². The van der Waals surface area contributed by atoms with Gasteiger partial charge in [-0.05, 0) is 49.8 Å². The second kappa shape index (κ2) is 10.3. The molecule has 3 rings (SSSR count). The first-order valence-corrected chi connectivity index (χ1v) is 10.5. The van der Waals surface area contributed by atoms with Crippen molar-refractivity contribution in [3.8, 4) is 0 Å². The third-order valence-corrected chi connectivity index (χ3v) is 5.57. The van der Waals surface area contributed by atoms with Gasteiger partial charge in [-0.25, -0.2) is 0 Å². The van der Waals surface area contributed by atoms with E-state index in [9.17, 15) is 14.4 Å². The van der Waals surface area contributed by atoms with Gasteiger partial charge in [0.15, 0.2) is 5.96 Å². The summed E-state index contributed by atoms with van der Waals surface area (Å²) < 4.78 is 0. The van der Waals surface area contributed by atoms with Gasteiger partial charge in [-0.3, -0.25) is 19.4 Å². The molecule has 0 radical (unpaired) electrons. The Kier molecular flexibility index (Phi) is 7.53. The summed E-state index contributed by atoms with van der Waals surface area (Å²) in [6.45, 7) is 1.71. The van der Waals surface area contributed by atoms with E-state index in [1.54, 1.807) is 0 Å². The average Bonchev–Trinajstić information content (AvgIpc) is 3.29. The number of carbonyl (C=O) groups is 3. The number of rotatable bonds is 9. The van der Waals surface area contributed by atoms with Crippen molar-refractivity contribution in [2.24, 2.45) is 16.5 Å². The number of guanidine groups is 1. The number of hydrogen-bond donors (Lipinski definition) is 5. The summed E-state index contributed by atoms with van der Waals surface area (Å²) in [5.74, 6) is -1.39. The molecule has 7 N–H and O–H groups in total. The Morgan fingerprint density at radius 2 is 1.97 bits per heavy atom. The van der Waals surface area contributed by atoms with Gasteiger partial charge < -0.3 is 27.4 Å². The molecule has 9 nitrogen and oxygen atoms in total. The van der Waals surface area contributed by atoms with Crippen LogP contribution in [0.15, 0.2) is 29.3 Å². The molecule has 0 saturated carbocycles. The van der Waals surface area contributed by atoms with Crippen LogP contribution in [0.25, 0.3) is 0 Å². The summed E-state index contributed by atoms with van der Waals surface area (Å²) in [5.41, 5.74) is 12.7. The molecule has 1 amide bonds. The smallest absolute Gasteiger partial charge is 0.242 e. The van der Waals surface area contributed by atoms with Gasteiger partial charge in [-0.15, -0.1) is 0 Å². The Labute approximate surface area is 176 Å². The van der Waals surface area contributed by atoms with Crippen LogP contribution in [0.2, 0.25) is 0 Å². The molecule has 9 heteroatoms. The van der Waals surface area contributed by atoms with Crippen molar-refractivity contribution in [3.05, 3.63) is 35.4 Å². The predicted molar refractivity (Wildman–Crippen MR) is 114 cm³/mol. The maximum absolute atomic E-state index is 13.0. The van der Waals surface area contributed by atoms with Crippen LogP contribution in [-0.2, 0) is 20.8 Å². The molecule has 2 aliphatic rings. The fourth-order valence-electron chi connectivity index (χ4n) is 4.02. The topological polar surface area (TPSA) is 152 Å². The number of fused-ring (bicyclic) bond motifs is 1. The second-order valence-corrected chi connectivity index (χ2v) is 7.72. The Balaban J connectivity index is 1.71. The lowest BCUT2D eigenvalue weighted by atomic mass is 9.93. The molecule has 1 aromatic carbocycles. The fourth-order valence-corrected chi connectivity index (χ4v) is 4.02. The molecule has 0 spiro atoms. The molecule has 2 heterocycles. The van der Waals surface area contributed by atoms with E-state index in [-0.39, 0.29) is 18.3 Å². The number of nitrogens with zero attached hydrogens (tertiary/aromatic N) is 1. The van der Waals surface area contributed by atoms with E-state index in [0.717, 1.165) is 24.0 Å². The molecule has 1 unspecified atom stereocenters. The van der Waals surface area contributed by atoms with E-state index in [1.807, 2.05) is 24.3 Å². The minimum Gasteiger partial charge on any atom is -0.370 e. The zero-order chi connectivity index (χ0) is 21.5. The van der Waals surface area contributed by atoms with E-state index in [4.69, 9.17) is 11.5 Å². The largest absolute Gasteiger partial charge is 0.370 e. The van der Waals surface area contributed by atoms with Crippen LogP contribution < -0.4 is 27.4 Å². The lowest BCUT2D eigenvalue weighted by Gasteiger charge is -2.28. The van der Waals surface area contributed by atoms with Crippen molar-refractivity contribution < 1.29 is 14.4 Å². The van der Waals surface area contributed by atoms with Crippen LogP contribution >= 0.6 is 0 Å². The fraction of sp³-hybridized carbons (Fsp3) is 0.524. The average molecular weight is 415 g/mol. The maximum atomic E-state index is 13.0. The standard InChI is InChI=1S/C21H30N6O3/c22-21(23)26-11-4-8-16(19(29)18(28)15-7-3-10-24-15)27-20(30)17-14-6-2-1-5-13(14)9-12-25-17/h1-2,5-6,15-17,24-25H,3-4,7-12H2,(H,27,30)(H4,22,23,26)/t15-,16-,17?/m0/s1. The van der Waals surface area contributed by atoms with Crippen LogP contribution in [0.3, 0.4) is 0 Å². The lowest BCUT2D eigenvalue weighted by Crippen LogP contribution is -2.51. The van der Waals surface area contributed by atoms with E-state index in [1.165, 1.54) is 0 Å². The first kappa shape index (κ1) is 21.9. The number of hydrogen-bond acceptors (Lipinski definition) is 6. The predicted octanol–water partition coefficient (Wildman–Crippen LogP) is -0.698. The normalized spacial score (nSPS) is 21.3. The van der Waals surface area contributed by atoms with E-state index >= 15 is 0 Å². The zero-order valence-corrected chi connectivity index (χ0v) is 17.0. The maximum Gasteiger partial charge on any atom is 0.242 e. The molecule has 3 atom stereocenters. The number of ketones is 2. The van der Waals surface area contributed by atoms with Crippen molar-refractivity contribution in [1.29, 1.82) is 0 Å². The van der Waals surface area contributed by atoms with E-state index < -0.39 is 29.7 Å². The summed E-state index contributed by atoms with van der Waals surface area (Å²) in [4.78, 5) is 42.5. The van der Waals surface area contributed by atoms with Crippen molar-refractivity contribution in [2.45, 2.75) is 50.2 Å². The van der Waals surface area contributed by atoms with E-state index in [0.29, 0.717) is 32.5 Å². The highest BCUT2D eigenvalue weighted by molar-refractivity contribution is 6.41. The highest BCUT2D eigenvalue weighted by Crippen LogP contribution is 2.23. The molecular formula is C21H30N6O3. The minimum absolute atomic E-state index is 0.0313. The van der Waals surface area contributed by atoms with Gasteiger partial charge in [-0.2, -0.15) is 0 Å². The number of Topliss-reactive ketones (excluding diaryl/α,β-unsaturated/α-hetero) is 2. The number of carbonyl (C=O) groups excluding carboxylic acids is 3. The Hall–Kier alpha value is -2.78. The summed E-state index contributed by atoms with van der Waals surface area (Å²) in [6, 6.07) is 5.82. The molecule has 2 aliphatic heterocycles. The third-order valence-electron chi connectivity index (χ3n) is 5.57. The van der Waals surface area contributed by atoms with Crippen LogP contribution in [-0.4, -0.2) is 55.2 Å². The first-order chi connectivity index (χ1) is 14.5. The number of amides is 1. The summed E-state index contributed by atoms with van der Waals surface area (Å²) in [6.07, 6.45) is 3.08. The van der Waals surface area contributed by atoms with Gasteiger partial charge in [0, 0.05) is 13.1 Å². The van der Waals surface area contributed by atoms with Crippen molar-refractivity contribution in [1.82, 2.24) is 16.0 Å². The van der Waals surface area contributed by atoms with Crippen LogP contribution in [0.5, 0.6) is 0 Å². The molecule has 0 aromatic heterocycles. The van der Waals surface area contributed by atoms with Gasteiger partial charge in [0.25, 0.3) is 0 Å². The molecule has 0 aliphatic carbocycles. The molecule has 1 aromatic rings. The number of aliphatic imine (C=N–C) groups is 1. The van der Waals surface area contributed by atoms with Crippen molar-refractivity contribution >= 4 is 23.4 Å². The molecule has 1 fully saturated rings. The number of benzene rings is 1. The quantitative estimate of drug-likeness (QED) is 0.155. The second-order valence-electron chi connectivity index (χ2n) is 7.72. The number of nitrogens with one attached hydrogen (secondary N) is 3. The minimum atomic E-state index is -0.905. The highest BCUT2D eigenvalue weighted by Gasteiger charge is 2.35. The van der Waals surface area contributed by atoms with Gasteiger partial charge in [0.2, 0.25) is 17.5 Å². The highest BCUT2D eigenvalue weighted by atomic mass is 16.2. The number of nitrogens with two attached hydrogens (primary N) is 2. The van der Waals surface area contributed by atoms with Crippen LogP contribution in [0.1, 0.15) is 42.9 Å². The van der Waals surface area contributed by atoms with Gasteiger partial charge in [0.05, 0.1) is 12.1 Å². The van der Waals surface area contributed by atoms with Crippen molar-refractivity contribution in [3.63, 3.8) is 0 Å². The summed E-state index contributed by atoms with van der Waals surface area (Å²) >= 11 is 0. The molecule has 0 bridgehead atoms. The van der Waals surface area contributed by atoms with Gasteiger partial charge in [-0.1, -0.05) is 24.3 Å². The first-order valence-electron chi connectivity index (χ1n) is 10.5. The Morgan fingerprint density at radius 3 is 2.70 bits per heavy atom. The Morgan fingerprint density at radius 1 is 1.17 bits per heavy atom. The molecule has 162 valence electrons. The molecule has 1 saturated heterocycles. The van der Waals surface area contributed by atoms with Crippen LogP contribution in [0, 0.1) is 0 Å². The molecular weight excluding hydrogens is 384 g/mol. The van der Waals surface area contributed by atoms with Gasteiger partial charge >= 0.3 is 0 Å². The van der Waals surface area contributed by atoms with Crippen LogP contribution in [0.4, 0.5) is 0 Å². The zero-order valence-electron chi connectivity index (χ0n) is 17.0.